The molecule has 0 aromatic rings. The number of ether oxygens (including phenoxy) is 1. The molecule has 0 amide bonds. The molecule has 4 nitrogen and oxygen atoms in total. The molecule has 0 spiro atoms. The highest BCUT2D eigenvalue weighted by Gasteiger charge is 2.29. The van der Waals surface area contributed by atoms with Crippen molar-refractivity contribution in [2.45, 2.75) is 58.8 Å². The van der Waals surface area contributed by atoms with Gasteiger partial charge in [0, 0.05) is 0 Å². The number of aliphatic hydroxyl groups is 1. The van der Waals surface area contributed by atoms with Crippen LogP contribution in [0.15, 0.2) is 0 Å². The molecule has 90 valence electrons. The molecule has 0 radical (unpaired) electrons. The summed E-state index contributed by atoms with van der Waals surface area (Å²) in [6, 6.07) is 0. The Hall–Kier alpha value is -0.610. The van der Waals surface area contributed by atoms with Gasteiger partial charge in [-0.15, -0.1) is 0 Å². The van der Waals surface area contributed by atoms with Crippen molar-refractivity contribution in [2.75, 3.05) is 0 Å². The molecule has 0 aromatic heterocycles. The minimum atomic E-state index is -0.948. The van der Waals surface area contributed by atoms with Crippen LogP contribution in [0.1, 0.15) is 40.5 Å². The minimum Gasteiger partial charge on any atom is -0.479 e. The first-order valence-corrected chi connectivity index (χ1v) is 5.50. The number of carbonyl (C=O) groups is 1. The van der Waals surface area contributed by atoms with Crippen molar-refractivity contribution in [3.63, 3.8) is 0 Å². The van der Waals surface area contributed by atoms with Gasteiger partial charge in [0.05, 0.1) is 12.2 Å². The third-order valence-corrected chi connectivity index (χ3v) is 2.76. The Kier molecular flexibility index (Phi) is 6.52. The van der Waals surface area contributed by atoms with Crippen LogP contribution >= 0.6 is 0 Å². The maximum atomic E-state index is 11.0. The zero-order valence-corrected chi connectivity index (χ0v) is 9.93. The van der Waals surface area contributed by atoms with Crippen LogP contribution in [0, 0.1) is 5.92 Å². The molecule has 0 aromatic carbocycles. The van der Waals surface area contributed by atoms with E-state index < -0.39 is 24.3 Å². The lowest BCUT2D eigenvalue weighted by Crippen LogP contribution is -2.38. The monoisotopic (exact) mass is 218 g/mol. The number of carboxylic acids is 1. The van der Waals surface area contributed by atoms with Gasteiger partial charge in [-0.1, -0.05) is 26.7 Å². The van der Waals surface area contributed by atoms with Crippen LogP contribution in [0.4, 0.5) is 0 Å². The Bertz CT molecular complexity index is 187. The van der Waals surface area contributed by atoms with E-state index in [0.29, 0.717) is 0 Å². The van der Waals surface area contributed by atoms with Crippen molar-refractivity contribution in [1.82, 2.24) is 0 Å². The molecule has 0 rings (SSSR count). The van der Waals surface area contributed by atoms with E-state index >= 15 is 0 Å². The SMILES string of the molecule is CCC(CC)C(OC(C)C(C)O)C(=O)O. The summed E-state index contributed by atoms with van der Waals surface area (Å²) in [6.45, 7) is 7.17. The fraction of sp³-hybridized carbons (Fsp3) is 0.909. The van der Waals surface area contributed by atoms with Gasteiger partial charge >= 0.3 is 5.97 Å². The third kappa shape index (κ3) is 4.62. The Morgan fingerprint density at radius 1 is 1.27 bits per heavy atom. The van der Waals surface area contributed by atoms with Gasteiger partial charge in [0.2, 0.25) is 0 Å². The zero-order valence-electron chi connectivity index (χ0n) is 9.93. The standard InChI is InChI=1S/C11H22O4/c1-5-9(6-2)10(11(13)14)15-8(4)7(3)12/h7-10,12H,5-6H2,1-4H3,(H,13,14). The second kappa shape index (κ2) is 6.80. The molecule has 0 saturated heterocycles. The Morgan fingerprint density at radius 3 is 2.00 bits per heavy atom. The highest BCUT2D eigenvalue weighted by atomic mass is 16.5. The van der Waals surface area contributed by atoms with Crippen molar-refractivity contribution in [1.29, 1.82) is 0 Å². The molecule has 4 heteroatoms. The topological polar surface area (TPSA) is 66.8 Å². The van der Waals surface area contributed by atoms with Crippen LogP contribution in [0.3, 0.4) is 0 Å². The predicted molar refractivity (Wildman–Crippen MR) is 57.7 cm³/mol. The molecule has 3 unspecified atom stereocenters. The molecule has 0 saturated carbocycles. The largest absolute Gasteiger partial charge is 0.479 e. The van der Waals surface area contributed by atoms with Gasteiger partial charge in [0.1, 0.15) is 0 Å². The van der Waals surface area contributed by atoms with Crippen molar-refractivity contribution in [2.24, 2.45) is 5.92 Å². The normalized spacial score (nSPS) is 17.5. The summed E-state index contributed by atoms with van der Waals surface area (Å²) >= 11 is 0. The van der Waals surface area contributed by atoms with E-state index in [-0.39, 0.29) is 5.92 Å². The molecule has 0 aliphatic carbocycles. The summed E-state index contributed by atoms with van der Waals surface area (Å²) in [5.74, 6) is -0.945. The summed E-state index contributed by atoms with van der Waals surface area (Å²) in [7, 11) is 0. The molecule has 3 atom stereocenters. The second-order valence-electron chi connectivity index (χ2n) is 3.92. The Balaban J connectivity index is 4.46. The highest BCUT2D eigenvalue weighted by Crippen LogP contribution is 2.19. The Labute approximate surface area is 91.3 Å². The van der Waals surface area contributed by atoms with E-state index in [9.17, 15) is 9.90 Å². The van der Waals surface area contributed by atoms with Gasteiger partial charge in [0.15, 0.2) is 6.10 Å². The van der Waals surface area contributed by atoms with Crippen LogP contribution in [-0.4, -0.2) is 34.5 Å². The third-order valence-electron chi connectivity index (χ3n) is 2.76. The summed E-state index contributed by atoms with van der Waals surface area (Å²) in [5.41, 5.74) is 0. The van der Waals surface area contributed by atoms with Crippen molar-refractivity contribution in [3.8, 4) is 0 Å². The summed E-state index contributed by atoms with van der Waals surface area (Å²) in [6.07, 6.45) is -0.391. The molecule has 0 heterocycles. The number of aliphatic carboxylic acids is 1. The predicted octanol–water partition coefficient (Wildman–Crippen LogP) is 1.66. The molecule has 2 N–H and O–H groups in total. The molecular weight excluding hydrogens is 196 g/mol. The van der Waals surface area contributed by atoms with Crippen LogP contribution < -0.4 is 0 Å². The van der Waals surface area contributed by atoms with E-state index in [1.54, 1.807) is 13.8 Å². The van der Waals surface area contributed by atoms with Gasteiger partial charge in [-0.25, -0.2) is 4.79 Å². The first-order valence-electron chi connectivity index (χ1n) is 5.50. The lowest BCUT2D eigenvalue weighted by molar-refractivity contribution is -0.163. The number of aliphatic hydroxyl groups excluding tert-OH is 1. The average molecular weight is 218 g/mol. The van der Waals surface area contributed by atoms with E-state index in [1.807, 2.05) is 13.8 Å². The summed E-state index contributed by atoms with van der Waals surface area (Å²) < 4.78 is 5.37. The van der Waals surface area contributed by atoms with E-state index in [2.05, 4.69) is 0 Å². The number of hydrogen-bond donors (Lipinski definition) is 2. The maximum Gasteiger partial charge on any atom is 0.333 e. The number of rotatable bonds is 7. The van der Waals surface area contributed by atoms with Crippen LogP contribution in [0.2, 0.25) is 0 Å². The molecule has 0 fully saturated rings. The average Bonchev–Trinajstić information content (AvgIpc) is 2.17. The van der Waals surface area contributed by atoms with E-state index in [1.165, 1.54) is 0 Å². The number of hydrogen-bond acceptors (Lipinski definition) is 3. The van der Waals surface area contributed by atoms with Gasteiger partial charge < -0.3 is 14.9 Å². The maximum absolute atomic E-state index is 11.0. The van der Waals surface area contributed by atoms with Crippen molar-refractivity contribution < 1.29 is 19.7 Å². The first kappa shape index (κ1) is 14.4. The highest BCUT2D eigenvalue weighted by molar-refractivity contribution is 5.72. The van der Waals surface area contributed by atoms with Gasteiger partial charge in [-0.05, 0) is 19.8 Å². The minimum absolute atomic E-state index is 0.00343. The summed E-state index contributed by atoms with van der Waals surface area (Å²) in [4.78, 5) is 11.0. The van der Waals surface area contributed by atoms with Crippen LogP contribution in [0.5, 0.6) is 0 Å². The fourth-order valence-corrected chi connectivity index (χ4v) is 1.43. The number of carboxylic acid groups (broad SMARTS) is 1. The lowest BCUT2D eigenvalue weighted by atomic mass is 9.96. The lowest BCUT2D eigenvalue weighted by Gasteiger charge is -2.26. The molecular formula is C11H22O4. The molecule has 15 heavy (non-hydrogen) atoms. The molecule has 0 aliphatic rings. The Morgan fingerprint density at radius 2 is 1.73 bits per heavy atom. The molecule has 0 aliphatic heterocycles. The first-order chi connectivity index (χ1) is 6.93. The fourth-order valence-electron chi connectivity index (χ4n) is 1.43. The zero-order chi connectivity index (χ0) is 12.0. The van der Waals surface area contributed by atoms with Gasteiger partial charge in [-0.3, -0.25) is 0 Å². The van der Waals surface area contributed by atoms with Crippen LogP contribution in [0.25, 0.3) is 0 Å². The van der Waals surface area contributed by atoms with Crippen molar-refractivity contribution in [3.05, 3.63) is 0 Å². The van der Waals surface area contributed by atoms with Gasteiger partial charge in [0.25, 0.3) is 0 Å². The molecule has 0 bridgehead atoms. The van der Waals surface area contributed by atoms with E-state index in [0.717, 1.165) is 12.8 Å². The van der Waals surface area contributed by atoms with Crippen LogP contribution in [-0.2, 0) is 9.53 Å². The van der Waals surface area contributed by atoms with Gasteiger partial charge in [-0.2, -0.15) is 0 Å². The smallest absolute Gasteiger partial charge is 0.333 e. The van der Waals surface area contributed by atoms with E-state index in [4.69, 9.17) is 9.84 Å². The summed E-state index contributed by atoms with van der Waals surface area (Å²) in [5, 5.41) is 18.3. The second-order valence-corrected chi connectivity index (χ2v) is 3.92. The van der Waals surface area contributed by atoms with Crippen molar-refractivity contribution >= 4 is 5.97 Å². The quantitative estimate of drug-likeness (QED) is 0.682.